The van der Waals surface area contributed by atoms with Crippen LogP contribution in [0.5, 0.6) is 0 Å². The third-order valence-electron chi connectivity index (χ3n) is 2.49. The number of hydrogen-bond donors (Lipinski definition) is 1. The molecule has 1 aliphatic rings. The summed E-state index contributed by atoms with van der Waals surface area (Å²) in [6.45, 7) is 0. The molecule has 0 spiro atoms. The molecular formula is C10H13FN2. The number of nitrogens with zero attached hydrogens (tertiary/aromatic N) is 1. The Kier molecular flexibility index (Phi) is 2.27. The van der Waals surface area contributed by atoms with Crippen molar-refractivity contribution in [3.05, 3.63) is 29.8 Å². The molecule has 1 aliphatic carbocycles. The third-order valence-corrected chi connectivity index (χ3v) is 2.49. The zero-order chi connectivity index (χ0) is 9.26. The first kappa shape index (κ1) is 8.63. The van der Waals surface area contributed by atoms with Gasteiger partial charge in [-0.3, -0.25) is 4.98 Å². The van der Waals surface area contributed by atoms with E-state index in [-0.39, 0.29) is 11.9 Å². The first-order valence-electron chi connectivity index (χ1n) is 4.62. The smallest absolute Gasteiger partial charge is 0.144 e. The third kappa shape index (κ3) is 2.04. The second-order valence-electron chi connectivity index (χ2n) is 3.64. The van der Waals surface area contributed by atoms with Crippen LogP contribution in [0.3, 0.4) is 0 Å². The van der Waals surface area contributed by atoms with Crippen LogP contribution >= 0.6 is 0 Å². The van der Waals surface area contributed by atoms with Gasteiger partial charge in [0.1, 0.15) is 5.82 Å². The van der Waals surface area contributed by atoms with Crippen LogP contribution in [0, 0.1) is 11.7 Å². The van der Waals surface area contributed by atoms with Gasteiger partial charge in [-0.05, 0) is 30.9 Å². The highest BCUT2D eigenvalue weighted by Gasteiger charge is 2.29. The minimum atomic E-state index is -0.237. The molecule has 0 radical (unpaired) electrons. The molecule has 70 valence electrons. The van der Waals surface area contributed by atoms with Gasteiger partial charge in [0, 0.05) is 18.7 Å². The molecule has 1 atom stereocenters. The maximum atomic E-state index is 13.1. The molecule has 0 aliphatic heterocycles. The van der Waals surface area contributed by atoms with E-state index in [1.165, 1.54) is 18.9 Å². The fourth-order valence-electron chi connectivity index (χ4n) is 1.48. The fraction of sp³-hybridized carbons (Fsp3) is 0.500. The highest BCUT2D eigenvalue weighted by atomic mass is 19.1. The van der Waals surface area contributed by atoms with Gasteiger partial charge in [-0.1, -0.05) is 0 Å². The molecule has 2 N–H and O–H groups in total. The largest absolute Gasteiger partial charge is 0.327 e. The monoisotopic (exact) mass is 180 g/mol. The summed E-state index contributed by atoms with van der Waals surface area (Å²) in [6, 6.07) is 3.12. The van der Waals surface area contributed by atoms with Gasteiger partial charge in [-0.25, -0.2) is 4.39 Å². The standard InChI is InChI=1S/C10H13FN2/c11-8-2-1-5-13-10(8)6-9(12)7-3-4-7/h1-2,5,7,9H,3-4,6,12H2. The highest BCUT2D eigenvalue weighted by Crippen LogP contribution is 2.32. The van der Waals surface area contributed by atoms with Crippen molar-refractivity contribution in [2.75, 3.05) is 0 Å². The zero-order valence-corrected chi connectivity index (χ0v) is 7.41. The summed E-state index contributed by atoms with van der Waals surface area (Å²) in [5.74, 6) is 0.361. The Labute approximate surface area is 77.0 Å². The van der Waals surface area contributed by atoms with Gasteiger partial charge >= 0.3 is 0 Å². The van der Waals surface area contributed by atoms with Crippen molar-refractivity contribution in [1.29, 1.82) is 0 Å². The Morgan fingerprint density at radius 1 is 1.62 bits per heavy atom. The Hall–Kier alpha value is -0.960. The molecule has 2 nitrogen and oxygen atoms in total. The summed E-state index contributed by atoms with van der Waals surface area (Å²) in [7, 11) is 0. The number of nitrogens with two attached hydrogens (primary N) is 1. The maximum Gasteiger partial charge on any atom is 0.144 e. The molecule has 1 unspecified atom stereocenters. The van der Waals surface area contributed by atoms with E-state index >= 15 is 0 Å². The molecule has 2 rings (SSSR count). The summed E-state index contributed by atoms with van der Waals surface area (Å²) in [4.78, 5) is 3.97. The molecule has 1 fully saturated rings. The van der Waals surface area contributed by atoms with Crippen molar-refractivity contribution >= 4 is 0 Å². The number of aromatic nitrogens is 1. The molecule has 1 saturated carbocycles. The van der Waals surface area contributed by atoms with E-state index in [0.29, 0.717) is 18.0 Å². The van der Waals surface area contributed by atoms with Gasteiger partial charge < -0.3 is 5.73 Å². The lowest BCUT2D eigenvalue weighted by molar-refractivity contribution is 0.543. The van der Waals surface area contributed by atoms with Gasteiger partial charge in [-0.2, -0.15) is 0 Å². The highest BCUT2D eigenvalue weighted by molar-refractivity contribution is 5.09. The van der Waals surface area contributed by atoms with Crippen molar-refractivity contribution in [2.45, 2.75) is 25.3 Å². The van der Waals surface area contributed by atoms with Crippen LogP contribution in [0.15, 0.2) is 18.3 Å². The number of halogens is 1. The summed E-state index contributed by atoms with van der Waals surface area (Å²) >= 11 is 0. The minimum absolute atomic E-state index is 0.0874. The second kappa shape index (κ2) is 3.42. The first-order chi connectivity index (χ1) is 6.27. The van der Waals surface area contributed by atoms with E-state index in [2.05, 4.69) is 4.98 Å². The Bertz CT molecular complexity index is 297. The molecule has 0 amide bonds. The van der Waals surface area contributed by atoms with Crippen molar-refractivity contribution in [2.24, 2.45) is 11.7 Å². The van der Waals surface area contributed by atoms with Crippen molar-refractivity contribution in [1.82, 2.24) is 4.98 Å². The number of hydrogen-bond acceptors (Lipinski definition) is 2. The van der Waals surface area contributed by atoms with E-state index in [0.717, 1.165) is 0 Å². The normalized spacial score (nSPS) is 18.6. The molecule has 3 heteroatoms. The average molecular weight is 180 g/mol. The minimum Gasteiger partial charge on any atom is -0.327 e. The van der Waals surface area contributed by atoms with Gasteiger partial charge in [0.15, 0.2) is 0 Å². The van der Waals surface area contributed by atoms with Crippen LogP contribution < -0.4 is 5.73 Å². The molecule has 0 bridgehead atoms. The Balaban J connectivity index is 2.03. The predicted molar refractivity (Wildman–Crippen MR) is 48.6 cm³/mol. The molecule has 1 heterocycles. The Morgan fingerprint density at radius 3 is 3.00 bits per heavy atom. The fourth-order valence-corrected chi connectivity index (χ4v) is 1.48. The van der Waals surface area contributed by atoms with Crippen LogP contribution in [-0.4, -0.2) is 11.0 Å². The van der Waals surface area contributed by atoms with Gasteiger partial charge in [-0.15, -0.1) is 0 Å². The van der Waals surface area contributed by atoms with Crippen molar-refractivity contribution < 1.29 is 4.39 Å². The summed E-state index contributed by atoms with van der Waals surface area (Å²) in [5, 5.41) is 0. The average Bonchev–Trinajstić information content (AvgIpc) is 2.91. The maximum absolute atomic E-state index is 13.1. The van der Waals surface area contributed by atoms with E-state index in [9.17, 15) is 4.39 Å². The number of rotatable bonds is 3. The SMILES string of the molecule is NC(Cc1ncccc1F)C1CC1. The lowest BCUT2D eigenvalue weighted by Gasteiger charge is -2.09. The summed E-state index contributed by atoms with van der Waals surface area (Å²) in [6.07, 6.45) is 4.56. The predicted octanol–water partition coefficient (Wildman–Crippen LogP) is 1.50. The van der Waals surface area contributed by atoms with Gasteiger partial charge in [0.2, 0.25) is 0 Å². The molecule has 0 aromatic carbocycles. The van der Waals surface area contributed by atoms with Gasteiger partial charge in [0.05, 0.1) is 5.69 Å². The first-order valence-corrected chi connectivity index (χ1v) is 4.62. The summed E-state index contributed by atoms with van der Waals surface area (Å²) in [5.41, 5.74) is 6.37. The topological polar surface area (TPSA) is 38.9 Å². The lowest BCUT2D eigenvalue weighted by atomic mass is 10.1. The molecule has 1 aromatic rings. The molecular weight excluding hydrogens is 167 g/mol. The quantitative estimate of drug-likeness (QED) is 0.765. The van der Waals surface area contributed by atoms with Crippen LogP contribution in [0.2, 0.25) is 0 Å². The van der Waals surface area contributed by atoms with Crippen LogP contribution in [0.25, 0.3) is 0 Å². The lowest BCUT2D eigenvalue weighted by Crippen LogP contribution is -2.26. The van der Waals surface area contributed by atoms with Gasteiger partial charge in [0.25, 0.3) is 0 Å². The number of pyridine rings is 1. The van der Waals surface area contributed by atoms with Crippen molar-refractivity contribution in [3.8, 4) is 0 Å². The Morgan fingerprint density at radius 2 is 2.38 bits per heavy atom. The van der Waals surface area contributed by atoms with Crippen LogP contribution in [0.1, 0.15) is 18.5 Å². The van der Waals surface area contributed by atoms with E-state index in [4.69, 9.17) is 5.73 Å². The van der Waals surface area contributed by atoms with Crippen LogP contribution in [0.4, 0.5) is 4.39 Å². The summed E-state index contributed by atoms with van der Waals surface area (Å²) < 4.78 is 13.1. The van der Waals surface area contributed by atoms with E-state index in [1.54, 1.807) is 12.3 Å². The zero-order valence-electron chi connectivity index (χ0n) is 7.41. The van der Waals surface area contributed by atoms with E-state index in [1.807, 2.05) is 0 Å². The molecule has 13 heavy (non-hydrogen) atoms. The molecule has 0 saturated heterocycles. The second-order valence-corrected chi connectivity index (χ2v) is 3.64. The van der Waals surface area contributed by atoms with E-state index < -0.39 is 0 Å². The van der Waals surface area contributed by atoms with Crippen LogP contribution in [-0.2, 0) is 6.42 Å². The molecule has 1 aromatic heterocycles. The van der Waals surface area contributed by atoms with Crippen molar-refractivity contribution in [3.63, 3.8) is 0 Å².